The summed E-state index contributed by atoms with van der Waals surface area (Å²) in [5.74, 6) is 0.576. The number of ether oxygens (including phenoxy) is 3. The van der Waals surface area contributed by atoms with Gasteiger partial charge < -0.3 is 24.8 Å². The number of halogens is 2. The van der Waals surface area contributed by atoms with Crippen LogP contribution >= 0.6 is 23.2 Å². The predicted molar refractivity (Wildman–Crippen MR) is 168 cm³/mol. The molecule has 0 unspecified atom stereocenters. The Hall–Kier alpha value is -2.12. The third-order valence-corrected chi connectivity index (χ3v) is 9.75. The van der Waals surface area contributed by atoms with Crippen LogP contribution in [0.3, 0.4) is 0 Å². The fourth-order valence-corrected chi connectivity index (χ4v) is 7.22. The average molecular weight is 658 g/mol. The van der Waals surface area contributed by atoms with E-state index in [1.54, 1.807) is 30.3 Å². The van der Waals surface area contributed by atoms with Crippen molar-refractivity contribution in [3.05, 3.63) is 57.6 Å². The molecule has 1 heterocycles. The van der Waals surface area contributed by atoms with E-state index >= 15 is 0 Å². The predicted octanol–water partition coefficient (Wildman–Crippen LogP) is 4.54. The number of carbonyl (C=O) groups is 1. The second kappa shape index (κ2) is 16.3. The van der Waals surface area contributed by atoms with Crippen LogP contribution in [0.25, 0.3) is 0 Å². The molecular weight excluding hydrogens is 615 g/mol. The number of carbonyl (C=O) groups excluding carboxylic acids is 1. The Morgan fingerprint density at radius 2 is 1.72 bits per heavy atom. The fraction of sp³-hybridized carbons (Fsp3) is 0.567. The van der Waals surface area contributed by atoms with E-state index in [9.17, 15) is 13.2 Å². The van der Waals surface area contributed by atoms with E-state index in [2.05, 4.69) is 27.2 Å². The number of likely N-dealkylation sites (tertiary alicyclic amines) is 1. The molecule has 2 aliphatic rings. The summed E-state index contributed by atoms with van der Waals surface area (Å²) in [4.78, 5) is 13.9. The topological polar surface area (TPSA) is 118 Å². The Bertz CT molecular complexity index is 1310. The van der Waals surface area contributed by atoms with Gasteiger partial charge in [-0.2, -0.15) is 0 Å². The first kappa shape index (κ1) is 33.8. The molecule has 2 amide bonds. The average Bonchev–Trinajstić information content (AvgIpc) is 3.32. The molecule has 1 aliphatic carbocycles. The molecule has 3 atom stereocenters. The molecule has 0 saturated carbocycles. The molecule has 0 radical (unpaired) electrons. The van der Waals surface area contributed by atoms with Crippen LogP contribution in [-0.4, -0.2) is 84.0 Å². The van der Waals surface area contributed by atoms with Crippen molar-refractivity contribution >= 4 is 39.3 Å². The third kappa shape index (κ3) is 9.43. The lowest BCUT2D eigenvalue weighted by atomic mass is 9.99. The first-order chi connectivity index (χ1) is 20.7. The molecule has 1 saturated heterocycles. The summed E-state index contributed by atoms with van der Waals surface area (Å²) in [6.45, 7) is 7.39. The van der Waals surface area contributed by atoms with E-state index in [-0.39, 0.29) is 36.2 Å². The molecule has 2 aromatic rings. The van der Waals surface area contributed by atoms with Crippen molar-refractivity contribution in [2.45, 2.75) is 62.6 Å². The number of amides is 2. The summed E-state index contributed by atoms with van der Waals surface area (Å²) in [5, 5.41) is 6.51. The number of nitrogens with zero attached hydrogens (tertiary/aromatic N) is 1. The summed E-state index contributed by atoms with van der Waals surface area (Å²) in [6, 6.07) is 10.5. The highest BCUT2D eigenvalue weighted by molar-refractivity contribution is 7.89. The van der Waals surface area contributed by atoms with Crippen molar-refractivity contribution in [2.24, 2.45) is 0 Å². The van der Waals surface area contributed by atoms with Crippen molar-refractivity contribution in [1.82, 2.24) is 20.3 Å². The van der Waals surface area contributed by atoms with Crippen molar-refractivity contribution < 1.29 is 27.4 Å². The number of benzene rings is 2. The van der Waals surface area contributed by atoms with Crippen molar-refractivity contribution in [2.75, 3.05) is 52.6 Å². The summed E-state index contributed by atoms with van der Waals surface area (Å²) < 4.78 is 45.6. The van der Waals surface area contributed by atoms with Gasteiger partial charge >= 0.3 is 6.03 Å². The van der Waals surface area contributed by atoms with Crippen molar-refractivity contribution in [3.8, 4) is 5.75 Å². The number of nitrogens with one attached hydrogen (secondary N) is 3. The van der Waals surface area contributed by atoms with Gasteiger partial charge in [0.05, 0.1) is 37.4 Å². The van der Waals surface area contributed by atoms with Crippen LogP contribution in [0.4, 0.5) is 4.79 Å². The Kier molecular flexibility index (Phi) is 12.8. The van der Waals surface area contributed by atoms with Gasteiger partial charge in [-0.1, -0.05) is 29.6 Å². The lowest BCUT2D eigenvalue weighted by Crippen LogP contribution is -2.47. The van der Waals surface area contributed by atoms with Crippen LogP contribution in [-0.2, 0) is 25.9 Å². The monoisotopic (exact) mass is 656 g/mol. The molecule has 0 aromatic heterocycles. The Labute approximate surface area is 264 Å². The van der Waals surface area contributed by atoms with Crippen LogP contribution in [0.5, 0.6) is 5.75 Å². The van der Waals surface area contributed by atoms with Crippen LogP contribution < -0.4 is 20.1 Å². The highest BCUT2D eigenvalue weighted by atomic mass is 35.5. The number of piperidine rings is 1. The van der Waals surface area contributed by atoms with E-state index in [1.807, 2.05) is 13.0 Å². The first-order valence-electron chi connectivity index (χ1n) is 14.9. The van der Waals surface area contributed by atoms with Gasteiger partial charge in [0.2, 0.25) is 10.0 Å². The zero-order valence-electron chi connectivity index (χ0n) is 24.7. The van der Waals surface area contributed by atoms with E-state index in [0.717, 1.165) is 36.9 Å². The molecule has 43 heavy (non-hydrogen) atoms. The molecule has 1 fully saturated rings. The van der Waals surface area contributed by atoms with Crippen LogP contribution in [0, 0.1) is 0 Å². The van der Waals surface area contributed by atoms with E-state index < -0.39 is 10.0 Å². The maximum absolute atomic E-state index is 12.8. The molecule has 0 spiro atoms. The standard InChI is InChI=1S/C30H42Cl2N4O6S/c1-3-33-30(37)34-11-14-40-16-17-41-15-12-35-43(38,39)24-9-7-23(8-10-24)42-29-26-18-22(31)19-27(32)25(26)20-28(29)36-13-5-4-6-21(36)2/h7-10,18-19,21,28-29,35H,3-6,11-17,20H2,1-2H3,(H2,33,34,37)/t21-,28-,29-/m0/s1. The molecule has 238 valence electrons. The number of hydrogen-bond acceptors (Lipinski definition) is 7. The summed E-state index contributed by atoms with van der Waals surface area (Å²) in [6.07, 6.45) is 4.02. The fourth-order valence-electron chi connectivity index (χ4n) is 5.62. The van der Waals surface area contributed by atoms with Crippen molar-refractivity contribution in [1.29, 1.82) is 0 Å². The Morgan fingerprint density at radius 3 is 2.42 bits per heavy atom. The molecule has 10 nitrogen and oxygen atoms in total. The minimum atomic E-state index is -3.72. The largest absolute Gasteiger partial charge is 0.484 e. The van der Waals surface area contributed by atoms with E-state index in [0.29, 0.717) is 54.7 Å². The summed E-state index contributed by atoms with van der Waals surface area (Å²) in [5.41, 5.74) is 2.05. The number of rotatable bonds is 15. The molecule has 4 rings (SSSR count). The molecule has 13 heteroatoms. The normalized spacial score (nSPS) is 20.5. The Balaban J connectivity index is 1.27. The van der Waals surface area contributed by atoms with Gasteiger partial charge in [-0.25, -0.2) is 17.9 Å². The second-order valence-electron chi connectivity index (χ2n) is 10.7. The molecule has 2 aromatic carbocycles. The quantitative estimate of drug-likeness (QED) is 0.241. The maximum atomic E-state index is 12.8. The van der Waals surface area contributed by atoms with Crippen LogP contribution in [0.1, 0.15) is 50.3 Å². The molecular formula is C30H42Cl2N4O6S. The van der Waals surface area contributed by atoms with E-state index in [4.69, 9.17) is 37.4 Å². The lowest BCUT2D eigenvalue weighted by molar-refractivity contribution is 0.0343. The van der Waals surface area contributed by atoms with Crippen LogP contribution in [0.2, 0.25) is 10.0 Å². The number of urea groups is 1. The van der Waals surface area contributed by atoms with Gasteiger partial charge in [-0.3, -0.25) is 4.90 Å². The van der Waals surface area contributed by atoms with Gasteiger partial charge in [0.1, 0.15) is 11.9 Å². The van der Waals surface area contributed by atoms with Gasteiger partial charge in [0.15, 0.2) is 0 Å². The Morgan fingerprint density at radius 1 is 1.00 bits per heavy atom. The zero-order chi connectivity index (χ0) is 30.8. The second-order valence-corrected chi connectivity index (χ2v) is 13.3. The van der Waals surface area contributed by atoms with Gasteiger partial charge in [0.25, 0.3) is 0 Å². The van der Waals surface area contributed by atoms with Crippen molar-refractivity contribution in [3.63, 3.8) is 0 Å². The highest BCUT2D eigenvalue weighted by Crippen LogP contribution is 2.44. The number of sulfonamides is 1. The molecule has 3 N–H and O–H groups in total. The van der Waals surface area contributed by atoms with Gasteiger partial charge in [0, 0.05) is 41.3 Å². The zero-order valence-corrected chi connectivity index (χ0v) is 27.1. The minimum absolute atomic E-state index is 0.112. The number of hydrogen-bond donors (Lipinski definition) is 3. The molecule has 1 aliphatic heterocycles. The summed E-state index contributed by atoms with van der Waals surface area (Å²) >= 11 is 13.0. The molecule has 0 bridgehead atoms. The maximum Gasteiger partial charge on any atom is 0.314 e. The van der Waals surface area contributed by atoms with E-state index in [1.165, 1.54) is 6.42 Å². The van der Waals surface area contributed by atoms with Gasteiger partial charge in [-0.05, 0) is 81.6 Å². The SMILES string of the molecule is CCNC(=O)NCCOCCOCCNS(=O)(=O)c1ccc(O[C@H]2c3cc(Cl)cc(Cl)c3C[C@@H]2N2CCCC[C@@H]2C)cc1. The first-order valence-corrected chi connectivity index (χ1v) is 17.1. The van der Waals surface area contributed by atoms with Crippen LogP contribution in [0.15, 0.2) is 41.3 Å². The smallest absolute Gasteiger partial charge is 0.314 e. The lowest BCUT2D eigenvalue weighted by Gasteiger charge is -2.40. The minimum Gasteiger partial charge on any atom is -0.484 e. The third-order valence-electron chi connectivity index (χ3n) is 7.72. The highest BCUT2D eigenvalue weighted by Gasteiger charge is 2.41. The van der Waals surface area contributed by atoms with Gasteiger partial charge in [-0.15, -0.1) is 0 Å². The summed E-state index contributed by atoms with van der Waals surface area (Å²) in [7, 11) is -3.72. The number of fused-ring (bicyclic) bond motifs is 1.